The third kappa shape index (κ3) is 8.21. The lowest BCUT2D eigenvalue weighted by atomic mass is 10.0. The molecule has 0 radical (unpaired) electrons. The largest absolute Gasteiger partial charge is 0.490 e. The quantitative estimate of drug-likeness (QED) is 0.0721. The minimum absolute atomic E-state index is 0.252. The van der Waals surface area contributed by atoms with Crippen molar-refractivity contribution in [1.29, 1.82) is 0 Å². The van der Waals surface area contributed by atoms with Crippen LogP contribution in [0.4, 0.5) is 5.69 Å². The molecular weight excluding hydrogens is 512 g/mol. The number of benzene rings is 4. The van der Waals surface area contributed by atoms with Crippen molar-refractivity contribution in [2.75, 3.05) is 31.3 Å². The summed E-state index contributed by atoms with van der Waals surface area (Å²) in [4.78, 5) is 20.7. The molecule has 212 valence electrons. The maximum absolute atomic E-state index is 13.1. The normalized spacial score (nSPS) is 11.9. The number of anilines is 1. The van der Waals surface area contributed by atoms with Crippen molar-refractivity contribution < 1.29 is 19.1 Å². The summed E-state index contributed by atoms with van der Waals surface area (Å²) in [5.41, 5.74) is 6.04. The molecule has 0 aliphatic heterocycles. The zero-order valence-electron chi connectivity index (χ0n) is 24.0. The molecule has 6 nitrogen and oxygen atoms in total. The monoisotopic (exact) mass is 550 g/mol. The van der Waals surface area contributed by atoms with Gasteiger partial charge in [0.1, 0.15) is 18.4 Å². The number of hydrogen-bond donors (Lipinski definition) is 0. The second-order valence-electron chi connectivity index (χ2n) is 9.50. The molecule has 0 bridgehead atoms. The topological polar surface area (TPSA) is 60.4 Å². The number of ether oxygens (including phenoxy) is 2. The molecule has 0 saturated heterocycles. The number of para-hydroxylation sites is 2. The Kier molecular flexibility index (Phi) is 11.0. The number of nitrogens with zero attached hydrogens (tertiary/aromatic N) is 2. The Morgan fingerprint density at radius 1 is 0.780 bits per heavy atom. The SMILES string of the molecule is CCOC(=O)C(Cc1ccccc1OCCON=C(C)c1ccc(-c2ccccc2)cc1)N(CC)c1ccccc1. The van der Waals surface area contributed by atoms with Crippen LogP contribution in [-0.2, 0) is 20.8 Å². The van der Waals surface area contributed by atoms with Gasteiger partial charge >= 0.3 is 5.97 Å². The van der Waals surface area contributed by atoms with E-state index in [1.807, 2.05) is 106 Å². The average molecular weight is 551 g/mol. The Balaban J connectivity index is 1.36. The maximum Gasteiger partial charge on any atom is 0.329 e. The predicted octanol–water partition coefficient (Wildman–Crippen LogP) is 7.17. The van der Waals surface area contributed by atoms with Crippen molar-refractivity contribution in [3.05, 3.63) is 120 Å². The molecule has 0 aliphatic carbocycles. The Hall–Kier alpha value is -4.58. The van der Waals surface area contributed by atoms with Crippen LogP contribution in [0.2, 0.25) is 0 Å². The van der Waals surface area contributed by atoms with E-state index in [4.69, 9.17) is 14.3 Å². The van der Waals surface area contributed by atoms with E-state index in [9.17, 15) is 4.79 Å². The minimum atomic E-state index is -0.483. The second kappa shape index (κ2) is 15.3. The average Bonchev–Trinajstić information content (AvgIpc) is 3.02. The van der Waals surface area contributed by atoms with Gasteiger partial charge in [0.15, 0.2) is 6.61 Å². The third-order valence-electron chi connectivity index (χ3n) is 6.79. The summed E-state index contributed by atoms with van der Waals surface area (Å²) < 4.78 is 11.5. The molecule has 4 rings (SSSR count). The van der Waals surface area contributed by atoms with E-state index < -0.39 is 6.04 Å². The van der Waals surface area contributed by atoms with Crippen molar-refractivity contribution in [1.82, 2.24) is 0 Å². The number of esters is 1. The van der Waals surface area contributed by atoms with Crippen LogP contribution in [-0.4, -0.2) is 44.1 Å². The summed E-state index contributed by atoms with van der Waals surface area (Å²) in [5, 5.41) is 4.28. The fraction of sp³-hybridized carbons (Fsp3) is 0.257. The van der Waals surface area contributed by atoms with Crippen LogP contribution >= 0.6 is 0 Å². The van der Waals surface area contributed by atoms with Gasteiger partial charge in [0.25, 0.3) is 0 Å². The summed E-state index contributed by atoms with van der Waals surface area (Å²) in [7, 11) is 0. The Labute approximate surface area is 243 Å². The lowest BCUT2D eigenvalue weighted by molar-refractivity contribution is -0.144. The molecule has 0 aliphatic rings. The van der Waals surface area contributed by atoms with E-state index in [1.165, 1.54) is 5.56 Å². The fourth-order valence-electron chi connectivity index (χ4n) is 4.70. The molecule has 0 heterocycles. The Morgan fingerprint density at radius 2 is 1.41 bits per heavy atom. The van der Waals surface area contributed by atoms with E-state index in [-0.39, 0.29) is 5.97 Å². The van der Waals surface area contributed by atoms with Gasteiger partial charge in [-0.2, -0.15) is 0 Å². The summed E-state index contributed by atoms with van der Waals surface area (Å²) >= 11 is 0. The van der Waals surface area contributed by atoms with Gasteiger partial charge in [0.2, 0.25) is 0 Å². The van der Waals surface area contributed by atoms with E-state index in [0.29, 0.717) is 38.5 Å². The minimum Gasteiger partial charge on any atom is -0.490 e. The highest BCUT2D eigenvalue weighted by Gasteiger charge is 2.28. The molecule has 6 heteroatoms. The van der Waals surface area contributed by atoms with Gasteiger partial charge in [-0.15, -0.1) is 0 Å². The highest BCUT2D eigenvalue weighted by atomic mass is 16.6. The molecular formula is C35H38N2O4. The molecule has 4 aromatic carbocycles. The van der Waals surface area contributed by atoms with E-state index in [2.05, 4.69) is 34.3 Å². The first-order chi connectivity index (χ1) is 20.1. The molecule has 1 unspecified atom stereocenters. The van der Waals surface area contributed by atoms with Crippen LogP contribution in [0.5, 0.6) is 5.75 Å². The molecule has 0 spiro atoms. The van der Waals surface area contributed by atoms with Gasteiger partial charge < -0.3 is 19.2 Å². The summed E-state index contributed by atoms with van der Waals surface area (Å²) in [6.07, 6.45) is 0.453. The van der Waals surface area contributed by atoms with Crippen LogP contribution in [0.15, 0.2) is 114 Å². The summed E-state index contributed by atoms with van der Waals surface area (Å²) in [6.45, 7) is 7.40. The van der Waals surface area contributed by atoms with Crippen molar-refractivity contribution in [2.45, 2.75) is 33.2 Å². The van der Waals surface area contributed by atoms with Crippen molar-refractivity contribution >= 4 is 17.4 Å². The molecule has 0 aromatic heterocycles. The highest BCUT2D eigenvalue weighted by Crippen LogP contribution is 2.25. The molecule has 0 amide bonds. The van der Waals surface area contributed by atoms with Gasteiger partial charge in [-0.3, -0.25) is 0 Å². The molecule has 0 saturated carbocycles. The van der Waals surface area contributed by atoms with Crippen LogP contribution in [0, 0.1) is 0 Å². The zero-order valence-corrected chi connectivity index (χ0v) is 24.0. The standard InChI is InChI=1S/C35H38N2O4/c1-4-37(32-17-10-7-11-18-32)33(35(38)39-5-2)26-31-16-12-13-19-34(31)40-24-25-41-36-27(3)28-20-22-30(23-21-28)29-14-8-6-9-15-29/h6-23,33H,4-5,24-26H2,1-3H3. The summed E-state index contributed by atoms with van der Waals surface area (Å²) in [5.74, 6) is 0.463. The first-order valence-electron chi connectivity index (χ1n) is 14.1. The molecule has 1 atom stereocenters. The van der Waals surface area contributed by atoms with Crippen LogP contribution in [0.3, 0.4) is 0 Å². The van der Waals surface area contributed by atoms with E-state index >= 15 is 0 Å². The second-order valence-corrected chi connectivity index (χ2v) is 9.50. The van der Waals surface area contributed by atoms with Gasteiger partial charge in [-0.1, -0.05) is 96.2 Å². The number of carbonyl (C=O) groups excluding carboxylic acids is 1. The van der Waals surface area contributed by atoms with Gasteiger partial charge in [-0.25, -0.2) is 4.79 Å². The molecule has 41 heavy (non-hydrogen) atoms. The van der Waals surface area contributed by atoms with Gasteiger partial charge in [-0.05, 0) is 61.2 Å². The van der Waals surface area contributed by atoms with Crippen LogP contribution in [0.25, 0.3) is 11.1 Å². The smallest absolute Gasteiger partial charge is 0.329 e. The first-order valence-corrected chi connectivity index (χ1v) is 14.1. The zero-order chi connectivity index (χ0) is 28.9. The summed E-state index contributed by atoms with van der Waals surface area (Å²) in [6, 6.07) is 35.8. The molecule has 0 fully saturated rings. The third-order valence-corrected chi connectivity index (χ3v) is 6.79. The number of oxime groups is 1. The van der Waals surface area contributed by atoms with E-state index in [1.54, 1.807) is 0 Å². The lowest BCUT2D eigenvalue weighted by Gasteiger charge is -2.31. The first kappa shape index (κ1) is 29.4. The number of likely N-dealkylation sites (N-methyl/N-ethyl adjacent to an activating group) is 1. The van der Waals surface area contributed by atoms with Crippen molar-refractivity contribution in [3.8, 4) is 16.9 Å². The Morgan fingerprint density at radius 3 is 2.10 bits per heavy atom. The van der Waals surface area contributed by atoms with Crippen molar-refractivity contribution in [2.24, 2.45) is 5.16 Å². The van der Waals surface area contributed by atoms with Gasteiger partial charge in [0, 0.05) is 18.7 Å². The van der Waals surface area contributed by atoms with Crippen molar-refractivity contribution in [3.63, 3.8) is 0 Å². The van der Waals surface area contributed by atoms with Gasteiger partial charge in [0.05, 0.1) is 12.3 Å². The van der Waals surface area contributed by atoms with E-state index in [0.717, 1.165) is 28.1 Å². The highest BCUT2D eigenvalue weighted by molar-refractivity contribution is 5.98. The maximum atomic E-state index is 13.1. The van der Waals surface area contributed by atoms with Crippen LogP contribution < -0.4 is 9.64 Å². The Bertz CT molecular complexity index is 1390. The fourth-order valence-corrected chi connectivity index (χ4v) is 4.70. The predicted molar refractivity (Wildman–Crippen MR) is 166 cm³/mol. The number of rotatable bonds is 14. The van der Waals surface area contributed by atoms with Crippen LogP contribution in [0.1, 0.15) is 31.9 Å². The number of hydrogen-bond acceptors (Lipinski definition) is 6. The lowest BCUT2D eigenvalue weighted by Crippen LogP contribution is -2.44. The molecule has 0 N–H and O–H groups in total. The number of carbonyl (C=O) groups is 1. The molecule has 4 aromatic rings.